The highest BCUT2D eigenvalue weighted by Gasteiger charge is 2.32. The number of aromatic amines is 1. The van der Waals surface area contributed by atoms with Gasteiger partial charge in [-0.25, -0.2) is 0 Å². The van der Waals surface area contributed by atoms with Crippen LogP contribution >= 0.6 is 0 Å². The van der Waals surface area contributed by atoms with Crippen molar-refractivity contribution in [1.82, 2.24) is 4.98 Å². The predicted octanol–water partition coefficient (Wildman–Crippen LogP) is 2.78. The summed E-state index contributed by atoms with van der Waals surface area (Å²) < 4.78 is 5.47. The zero-order valence-electron chi connectivity index (χ0n) is 9.77. The molecule has 1 fully saturated rings. The lowest BCUT2D eigenvalue weighted by molar-refractivity contribution is 0.0766. The molecule has 3 nitrogen and oxygen atoms in total. The van der Waals surface area contributed by atoms with Gasteiger partial charge in [0.1, 0.15) is 0 Å². The maximum absolute atomic E-state index is 12.4. The molecular weight excluding hydrogens is 214 g/mol. The van der Waals surface area contributed by atoms with Crippen LogP contribution in [0.4, 0.5) is 0 Å². The van der Waals surface area contributed by atoms with Crippen molar-refractivity contribution < 1.29 is 9.53 Å². The summed E-state index contributed by atoms with van der Waals surface area (Å²) >= 11 is 0. The van der Waals surface area contributed by atoms with Crippen LogP contribution in [0.5, 0.6) is 0 Å². The summed E-state index contributed by atoms with van der Waals surface area (Å²) in [6.45, 7) is 2.67. The Labute approximate surface area is 99.8 Å². The average Bonchev–Trinajstić information content (AvgIpc) is 2.94. The number of hydrogen-bond acceptors (Lipinski definition) is 2. The normalized spacial score (nSPS) is 24.3. The summed E-state index contributed by atoms with van der Waals surface area (Å²) in [6.07, 6.45) is 2.69. The number of para-hydroxylation sites is 1. The minimum Gasteiger partial charge on any atom is -0.378 e. The molecule has 1 saturated heterocycles. The molecule has 3 heteroatoms. The number of rotatable bonds is 2. The Morgan fingerprint density at radius 3 is 3.00 bits per heavy atom. The van der Waals surface area contributed by atoms with Crippen LogP contribution in [-0.4, -0.2) is 23.5 Å². The number of ketones is 1. The molecule has 1 aromatic carbocycles. The van der Waals surface area contributed by atoms with Crippen molar-refractivity contribution in [3.05, 3.63) is 36.0 Å². The van der Waals surface area contributed by atoms with Gasteiger partial charge in [0.05, 0.1) is 12.0 Å². The van der Waals surface area contributed by atoms with E-state index < -0.39 is 0 Å². The first-order valence-electron chi connectivity index (χ1n) is 5.99. The Bertz CT molecular complexity index is 558. The lowest BCUT2D eigenvalue weighted by Crippen LogP contribution is -2.21. The highest BCUT2D eigenvalue weighted by molar-refractivity contribution is 6.09. The molecule has 0 spiro atoms. The van der Waals surface area contributed by atoms with E-state index in [4.69, 9.17) is 4.74 Å². The third-order valence-corrected chi connectivity index (χ3v) is 3.57. The lowest BCUT2D eigenvalue weighted by Gasteiger charge is -2.11. The van der Waals surface area contributed by atoms with Gasteiger partial charge < -0.3 is 9.72 Å². The van der Waals surface area contributed by atoms with Crippen LogP contribution in [0.25, 0.3) is 10.9 Å². The molecule has 1 aliphatic rings. The van der Waals surface area contributed by atoms with E-state index in [0.29, 0.717) is 6.61 Å². The van der Waals surface area contributed by atoms with Gasteiger partial charge in [-0.3, -0.25) is 4.79 Å². The zero-order chi connectivity index (χ0) is 11.8. The lowest BCUT2D eigenvalue weighted by atomic mass is 9.92. The van der Waals surface area contributed by atoms with E-state index in [9.17, 15) is 4.79 Å². The number of carbonyl (C=O) groups excluding carboxylic acids is 1. The average molecular weight is 229 g/mol. The SMILES string of the molecule is CC1OCCC1C(=O)c1c[nH]c2ccccc12. The molecular formula is C14H15NO2. The molecule has 2 aromatic rings. The van der Waals surface area contributed by atoms with Crippen molar-refractivity contribution >= 4 is 16.7 Å². The second-order valence-electron chi connectivity index (χ2n) is 4.58. The van der Waals surface area contributed by atoms with Crippen LogP contribution < -0.4 is 0 Å². The Balaban J connectivity index is 2.01. The molecule has 1 N–H and O–H groups in total. The van der Waals surface area contributed by atoms with Crippen molar-refractivity contribution in [3.63, 3.8) is 0 Å². The summed E-state index contributed by atoms with van der Waals surface area (Å²) in [5, 5.41) is 1.01. The molecule has 0 amide bonds. The minimum absolute atomic E-state index is 0.00852. The van der Waals surface area contributed by atoms with E-state index >= 15 is 0 Å². The number of benzene rings is 1. The molecule has 0 aliphatic carbocycles. The maximum Gasteiger partial charge on any atom is 0.170 e. The first-order chi connectivity index (χ1) is 8.27. The van der Waals surface area contributed by atoms with Crippen LogP contribution in [0.15, 0.2) is 30.5 Å². The van der Waals surface area contributed by atoms with E-state index in [1.165, 1.54) is 0 Å². The molecule has 2 unspecified atom stereocenters. The summed E-state index contributed by atoms with van der Waals surface area (Å²) in [5.74, 6) is 0.210. The summed E-state index contributed by atoms with van der Waals surface area (Å²) in [6, 6.07) is 7.90. The Morgan fingerprint density at radius 1 is 1.41 bits per heavy atom. The van der Waals surface area contributed by atoms with Crippen molar-refractivity contribution in [3.8, 4) is 0 Å². The number of Topliss-reactive ketones (excluding diaryl/α,β-unsaturated/α-hetero) is 1. The molecule has 0 bridgehead atoms. The smallest absolute Gasteiger partial charge is 0.170 e. The Kier molecular flexibility index (Phi) is 2.48. The van der Waals surface area contributed by atoms with E-state index in [1.54, 1.807) is 0 Å². The van der Waals surface area contributed by atoms with Crippen molar-refractivity contribution in [2.24, 2.45) is 5.92 Å². The molecule has 1 aliphatic heterocycles. The van der Waals surface area contributed by atoms with E-state index in [1.807, 2.05) is 37.4 Å². The second kappa shape index (κ2) is 4.00. The Morgan fingerprint density at radius 2 is 2.24 bits per heavy atom. The molecule has 88 valence electrons. The molecule has 2 heterocycles. The maximum atomic E-state index is 12.4. The van der Waals surface area contributed by atoms with Crippen LogP contribution in [0.3, 0.4) is 0 Å². The van der Waals surface area contributed by atoms with Gasteiger partial charge in [-0.2, -0.15) is 0 Å². The van der Waals surface area contributed by atoms with Crippen molar-refractivity contribution in [2.75, 3.05) is 6.61 Å². The van der Waals surface area contributed by atoms with E-state index in [2.05, 4.69) is 4.98 Å². The highest BCUT2D eigenvalue weighted by atomic mass is 16.5. The van der Waals surface area contributed by atoms with Gasteiger partial charge in [-0.1, -0.05) is 18.2 Å². The minimum atomic E-state index is 0.00852. The molecule has 2 atom stereocenters. The second-order valence-corrected chi connectivity index (χ2v) is 4.58. The molecule has 17 heavy (non-hydrogen) atoms. The summed E-state index contributed by atoms with van der Waals surface area (Å²) in [4.78, 5) is 15.6. The van der Waals surface area contributed by atoms with Gasteiger partial charge in [0.2, 0.25) is 0 Å². The van der Waals surface area contributed by atoms with Crippen molar-refractivity contribution in [1.29, 1.82) is 0 Å². The Hall–Kier alpha value is -1.61. The summed E-state index contributed by atoms with van der Waals surface area (Å²) in [5.41, 5.74) is 1.81. The van der Waals surface area contributed by atoms with Gasteiger partial charge in [0, 0.05) is 29.3 Å². The van der Waals surface area contributed by atoms with Gasteiger partial charge >= 0.3 is 0 Å². The highest BCUT2D eigenvalue weighted by Crippen LogP contribution is 2.28. The van der Waals surface area contributed by atoms with Crippen molar-refractivity contribution in [2.45, 2.75) is 19.4 Å². The number of fused-ring (bicyclic) bond motifs is 1. The van der Waals surface area contributed by atoms with Crippen LogP contribution in [0, 0.1) is 5.92 Å². The zero-order valence-corrected chi connectivity index (χ0v) is 9.77. The number of aromatic nitrogens is 1. The third kappa shape index (κ3) is 1.67. The third-order valence-electron chi connectivity index (χ3n) is 3.57. The monoisotopic (exact) mass is 229 g/mol. The van der Waals surface area contributed by atoms with Crippen LogP contribution in [-0.2, 0) is 4.74 Å². The van der Waals surface area contributed by atoms with E-state index in [-0.39, 0.29) is 17.8 Å². The molecule has 0 radical (unpaired) electrons. The molecule has 0 saturated carbocycles. The van der Waals surface area contributed by atoms with Gasteiger partial charge in [0.25, 0.3) is 0 Å². The number of ether oxygens (including phenoxy) is 1. The van der Waals surface area contributed by atoms with Gasteiger partial charge in [0.15, 0.2) is 5.78 Å². The molecule has 1 aromatic heterocycles. The predicted molar refractivity (Wildman–Crippen MR) is 66.2 cm³/mol. The quantitative estimate of drug-likeness (QED) is 0.804. The van der Waals surface area contributed by atoms with Crippen LogP contribution in [0.1, 0.15) is 23.7 Å². The van der Waals surface area contributed by atoms with Gasteiger partial charge in [-0.15, -0.1) is 0 Å². The topological polar surface area (TPSA) is 42.1 Å². The van der Waals surface area contributed by atoms with Gasteiger partial charge in [-0.05, 0) is 19.4 Å². The number of hydrogen-bond donors (Lipinski definition) is 1. The fraction of sp³-hybridized carbons (Fsp3) is 0.357. The standard InChI is InChI=1S/C14H15NO2/c1-9-10(6-7-17-9)14(16)12-8-15-13-5-3-2-4-11(12)13/h2-5,8-10,15H,6-7H2,1H3. The number of nitrogens with one attached hydrogen (secondary N) is 1. The summed E-state index contributed by atoms with van der Waals surface area (Å²) in [7, 11) is 0. The molecule has 3 rings (SSSR count). The first-order valence-corrected chi connectivity index (χ1v) is 5.99. The number of carbonyl (C=O) groups is 1. The fourth-order valence-corrected chi connectivity index (χ4v) is 2.55. The number of H-pyrrole nitrogens is 1. The largest absolute Gasteiger partial charge is 0.378 e. The van der Waals surface area contributed by atoms with E-state index in [0.717, 1.165) is 22.9 Å². The first kappa shape index (κ1) is 10.5. The van der Waals surface area contributed by atoms with Crippen LogP contribution in [0.2, 0.25) is 0 Å². The fourth-order valence-electron chi connectivity index (χ4n) is 2.55.